The molecule has 0 radical (unpaired) electrons. The van der Waals surface area contributed by atoms with E-state index in [-0.39, 0.29) is 6.54 Å². The summed E-state index contributed by atoms with van der Waals surface area (Å²) in [5, 5.41) is 23.2. The van der Waals surface area contributed by atoms with Gasteiger partial charge in [0, 0.05) is 30.9 Å². The molecule has 2 aliphatic rings. The Hall–Kier alpha value is -4.14. The first kappa shape index (κ1) is 24.5. The third kappa shape index (κ3) is 4.45. The quantitative estimate of drug-likeness (QED) is 0.323. The van der Waals surface area contributed by atoms with Crippen LogP contribution >= 0.6 is 0 Å². The zero-order chi connectivity index (χ0) is 26.0. The molecule has 0 saturated carbocycles. The molecular formula is C29H27N3O5. The van der Waals surface area contributed by atoms with E-state index in [1.165, 1.54) is 0 Å². The van der Waals surface area contributed by atoms with Crippen LogP contribution in [0.15, 0.2) is 79.0 Å². The summed E-state index contributed by atoms with van der Waals surface area (Å²) in [7, 11) is 0. The van der Waals surface area contributed by atoms with Gasteiger partial charge in [0.05, 0.1) is 18.4 Å². The molecule has 0 spiro atoms. The first-order chi connectivity index (χ1) is 17.9. The largest absolute Gasteiger partial charge is 0.480 e. The van der Waals surface area contributed by atoms with Crippen LogP contribution < -0.4 is 5.32 Å². The predicted molar refractivity (Wildman–Crippen MR) is 137 cm³/mol. The van der Waals surface area contributed by atoms with Gasteiger partial charge in [-0.2, -0.15) is 0 Å². The number of benzene rings is 2. The fraction of sp³-hybridized carbons (Fsp3) is 0.241. The number of nitrogens with zero attached hydrogens (tertiary/aromatic N) is 2. The molecule has 2 saturated heterocycles. The maximum absolute atomic E-state index is 13.5. The first-order valence-electron chi connectivity index (χ1n) is 12.1. The number of rotatable bonds is 8. The van der Waals surface area contributed by atoms with E-state index in [4.69, 9.17) is 0 Å². The molecule has 3 heterocycles. The van der Waals surface area contributed by atoms with Gasteiger partial charge in [0.15, 0.2) is 5.54 Å². The molecule has 2 aromatic carbocycles. The Morgan fingerprint density at radius 3 is 2.24 bits per heavy atom. The topological polar surface area (TPSA) is 120 Å². The highest BCUT2D eigenvalue weighted by Gasteiger charge is 2.68. The molecule has 8 nitrogen and oxygen atoms in total. The lowest BCUT2D eigenvalue weighted by Gasteiger charge is -2.29. The number of fused-ring (bicyclic) bond motifs is 1. The van der Waals surface area contributed by atoms with Gasteiger partial charge in [0.1, 0.15) is 0 Å². The molecule has 0 bridgehead atoms. The molecule has 37 heavy (non-hydrogen) atoms. The zero-order valence-corrected chi connectivity index (χ0v) is 20.0. The summed E-state index contributed by atoms with van der Waals surface area (Å²) in [4.78, 5) is 44.7. The number of nitrogens with one attached hydrogen (secondary N) is 1. The predicted octanol–water partition coefficient (Wildman–Crippen LogP) is 2.56. The van der Waals surface area contributed by atoms with Crippen molar-refractivity contribution in [3.05, 3.63) is 101 Å². The smallest absolute Gasteiger partial charge is 0.327 e. The molecule has 3 aromatic rings. The Bertz CT molecular complexity index is 1330. The highest BCUT2D eigenvalue weighted by atomic mass is 16.4. The van der Waals surface area contributed by atoms with Crippen molar-refractivity contribution in [3.63, 3.8) is 0 Å². The number of carboxylic acid groups (broad SMARTS) is 1. The fourth-order valence-electron chi connectivity index (χ4n) is 5.32. The van der Waals surface area contributed by atoms with Crippen molar-refractivity contribution in [3.8, 4) is 0 Å². The van der Waals surface area contributed by atoms with Crippen molar-refractivity contribution < 1.29 is 24.6 Å². The number of hydrogen-bond acceptors (Lipinski definition) is 6. The van der Waals surface area contributed by atoms with E-state index in [0.29, 0.717) is 12.0 Å². The molecule has 8 heteroatoms. The second kappa shape index (κ2) is 10.1. The van der Waals surface area contributed by atoms with E-state index < -0.39 is 47.8 Å². The van der Waals surface area contributed by atoms with Crippen molar-refractivity contribution in [2.45, 2.75) is 18.0 Å². The summed E-state index contributed by atoms with van der Waals surface area (Å²) in [6.07, 6.45) is 5.94. The maximum atomic E-state index is 13.5. The van der Waals surface area contributed by atoms with Gasteiger partial charge in [-0.05, 0) is 28.8 Å². The monoisotopic (exact) mass is 497 g/mol. The molecule has 0 aliphatic carbocycles. The van der Waals surface area contributed by atoms with Crippen molar-refractivity contribution in [1.29, 1.82) is 0 Å². The highest BCUT2D eigenvalue weighted by Crippen LogP contribution is 2.48. The van der Waals surface area contributed by atoms with E-state index >= 15 is 0 Å². The summed E-state index contributed by atoms with van der Waals surface area (Å²) in [5.41, 5.74) is 1.44. The first-order valence-corrected chi connectivity index (χ1v) is 12.1. The molecule has 188 valence electrons. The van der Waals surface area contributed by atoms with Gasteiger partial charge in [0.25, 0.3) is 0 Å². The van der Waals surface area contributed by atoms with Crippen molar-refractivity contribution in [1.82, 2.24) is 15.2 Å². The maximum Gasteiger partial charge on any atom is 0.327 e. The van der Waals surface area contributed by atoms with Crippen LogP contribution in [0.1, 0.15) is 28.4 Å². The Balaban J connectivity index is 1.42. The highest BCUT2D eigenvalue weighted by molar-refractivity contribution is 6.09. The van der Waals surface area contributed by atoms with Crippen LogP contribution in [0, 0.1) is 11.8 Å². The number of carbonyl (C=O) groups is 3. The van der Waals surface area contributed by atoms with E-state index in [2.05, 4.69) is 10.3 Å². The number of likely N-dealkylation sites (tertiary alicyclic amines) is 1. The van der Waals surface area contributed by atoms with Gasteiger partial charge in [-0.15, -0.1) is 0 Å². The lowest BCUT2D eigenvalue weighted by molar-refractivity contribution is -0.153. The summed E-state index contributed by atoms with van der Waals surface area (Å²) in [5.74, 6) is -4.53. The van der Waals surface area contributed by atoms with Gasteiger partial charge in [0.2, 0.25) is 11.8 Å². The number of carboxylic acids is 1. The van der Waals surface area contributed by atoms with Crippen LogP contribution in [0.3, 0.4) is 0 Å². The van der Waals surface area contributed by atoms with Gasteiger partial charge < -0.3 is 10.2 Å². The van der Waals surface area contributed by atoms with Crippen LogP contribution in [0.2, 0.25) is 0 Å². The minimum absolute atomic E-state index is 0.0960. The van der Waals surface area contributed by atoms with Crippen molar-refractivity contribution in [2.75, 3.05) is 13.2 Å². The van der Waals surface area contributed by atoms with E-state index in [0.717, 1.165) is 21.7 Å². The van der Waals surface area contributed by atoms with Crippen LogP contribution in [0.5, 0.6) is 0 Å². The molecule has 3 N–H and O–H groups in total. The van der Waals surface area contributed by atoms with Crippen LogP contribution in [0.25, 0.3) is 12.2 Å². The van der Waals surface area contributed by atoms with Gasteiger partial charge in [-0.1, -0.05) is 72.8 Å². The third-order valence-electron chi connectivity index (χ3n) is 7.26. The van der Waals surface area contributed by atoms with Gasteiger partial charge >= 0.3 is 5.97 Å². The Labute approximate surface area is 214 Å². The van der Waals surface area contributed by atoms with Crippen molar-refractivity contribution in [2.24, 2.45) is 11.8 Å². The SMILES string of the molecule is O=C1C2C(c3ccc(C=Cc4ccccc4)cc3)NC(CO)(C(=O)O)C2C(=O)N1CCc1ccccn1. The molecule has 5 rings (SSSR count). The second-order valence-electron chi connectivity index (χ2n) is 9.37. The number of imide groups is 1. The molecule has 1 aromatic heterocycles. The molecule has 2 aliphatic heterocycles. The summed E-state index contributed by atoms with van der Waals surface area (Å²) in [6, 6.07) is 21.9. The minimum Gasteiger partial charge on any atom is -0.480 e. The number of hydrogen-bond donors (Lipinski definition) is 3. The number of amides is 2. The molecule has 4 atom stereocenters. The molecular weight excluding hydrogens is 470 g/mol. The number of aromatic nitrogens is 1. The zero-order valence-electron chi connectivity index (χ0n) is 20.0. The van der Waals surface area contributed by atoms with E-state index in [1.807, 2.05) is 72.8 Å². The van der Waals surface area contributed by atoms with Gasteiger partial charge in [-0.25, -0.2) is 0 Å². The van der Waals surface area contributed by atoms with E-state index in [1.54, 1.807) is 18.3 Å². The second-order valence-corrected chi connectivity index (χ2v) is 9.37. The number of carbonyl (C=O) groups excluding carboxylic acids is 2. The van der Waals surface area contributed by atoms with Gasteiger partial charge in [-0.3, -0.25) is 29.6 Å². The lowest BCUT2D eigenvalue weighted by Crippen LogP contribution is -2.58. The van der Waals surface area contributed by atoms with Crippen molar-refractivity contribution >= 4 is 29.9 Å². The molecule has 2 fully saturated rings. The fourth-order valence-corrected chi connectivity index (χ4v) is 5.32. The average molecular weight is 498 g/mol. The van der Waals surface area contributed by atoms with Crippen LogP contribution in [-0.4, -0.2) is 56.6 Å². The number of aliphatic hydroxyl groups is 1. The average Bonchev–Trinajstić information content (AvgIpc) is 3.41. The summed E-state index contributed by atoms with van der Waals surface area (Å²) < 4.78 is 0. The Morgan fingerprint density at radius 1 is 0.946 bits per heavy atom. The molecule has 2 amide bonds. The summed E-state index contributed by atoms with van der Waals surface area (Å²) in [6.45, 7) is -0.719. The van der Waals surface area contributed by atoms with Crippen LogP contribution in [0.4, 0.5) is 0 Å². The normalized spacial score (nSPS) is 25.1. The number of pyridine rings is 1. The minimum atomic E-state index is -1.95. The number of aliphatic hydroxyl groups excluding tert-OH is 1. The summed E-state index contributed by atoms with van der Waals surface area (Å²) >= 11 is 0. The molecule has 4 unspecified atom stereocenters. The Kier molecular flexibility index (Phi) is 6.69. The standard InChI is InChI=1S/C29H27N3O5/c33-18-29(28(36)37)24-23(26(34)32(27(24)35)17-15-22-8-4-5-16-30-22)25(31-29)21-13-11-20(12-14-21)10-9-19-6-2-1-3-7-19/h1-14,16,23-25,31,33H,15,17-18H2,(H,36,37). The Morgan fingerprint density at radius 2 is 1.62 bits per heavy atom. The van der Waals surface area contributed by atoms with E-state index in [9.17, 15) is 24.6 Å². The third-order valence-corrected chi connectivity index (χ3v) is 7.26. The number of aliphatic carboxylic acids is 1. The van der Waals surface area contributed by atoms with Crippen LogP contribution in [-0.2, 0) is 20.8 Å². The lowest BCUT2D eigenvalue weighted by atomic mass is 9.79.